The van der Waals surface area contributed by atoms with Gasteiger partial charge in [-0.05, 0) is 12.8 Å². The van der Waals surface area contributed by atoms with E-state index in [0.29, 0.717) is 25.7 Å². The van der Waals surface area contributed by atoms with Crippen LogP contribution in [0.3, 0.4) is 0 Å². The van der Waals surface area contributed by atoms with Crippen LogP contribution in [0.25, 0.3) is 0 Å². The van der Waals surface area contributed by atoms with E-state index in [0.717, 1.165) is 6.42 Å². The summed E-state index contributed by atoms with van der Waals surface area (Å²) in [6.07, 6.45) is 0.400. The SMILES string of the molecule is C=C(CCCCCC(=C)OC(=O)O)OC(=O)O. The molecular weight excluding hydrogens is 228 g/mol. The van der Waals surface area contributed by atoms with Crippen LogP contribution in [-0.2, 0) is 9.47 Å². The second-order valence-corrected chi connectivity index (χ2v) is 3.37. The van der Waals surface area contributed by atoms with Gasteiger partial charge in [-0.1, -0.05) is 19.6 Å². The van der Waals surface area contributed by atoms with Crippen LogP contribution in [0.4, 0.5) is 9.59 Å². The molecule has 0 bridgehead atoms. The first-order valence-corrected chi connectivity index (χ1v) is 5.09. The molecule has 0 saturated heterocycles. The van der Waals surface area contributed by atoms with Crippen molar-refractivity contribution >= 4 is 12.3 Å². The summed E-state index contributed by atoms with van der Waals surface area (Å²) in [6, 6.07) is 0. The fraction of sp³-hybridized carbons (Fsp3) is 0.455. The van der Waals surface area contributed by atoms with Gasteiger partial charge in [0.2, 0.25) is 0 Å². The minimum Gasteiger partial charge on any atom is -0.449 e. The second-order valence-electron chi connectivity index (χ2n) is 3.37. The standard InChI is InChI=1S/C11H16O6/c1-8(16-10(12)13)6-4-3-5-7-9(2)17-11(14)15/h1-7H2,(H,12,13)(H,14,15). The summed E-state index contributed by atoms with van der Waals surface area (Å²) in [5.41, 5.74) is 0. The van der Waals surface area contributed by atoms with Crippen molar-refractivity contribution in [1.82, 2.24) is 0 Å². The Bertz CT molecular complexity index is 277. The van der Waals surface area contributed by atoms with E-state index in [1.807, 2.05) is 0 Å². The molecule has 0 aromatic carbocycles. The lowest BCUT2D eigenvalue weighted by atomic mass is 10.1. The molecular formula is C11H16O6. The quantitative estimate of drug-likeness (QED) is 0.386. The number of rotatable bonds is 8. The number of hydrogen-bond donors (Lipinski definition) is 2. The number of hydrogen-bond acceptors (Lipinski definition) is 4. The van der Waals surface area contributed by atoms with Gasteiger partial charge >= 0.3 is 12.3 Å². The molecule has 0 aromatic heterocycles. The Balaban J connectivity index is 3.46. The molecule has 0 unspecified atom stereocenters. The van der Waals surface area contributed by atoms with Crippen molar-refractivity contribution in [1.29, 1.82) is 0 Å². The van der Waals surface area contributed by atoms with Crippen LogP contribution in [0.1, 0.15) is 32.1 Å². The van der Waals surface area contributed by atoms with Gasteiger partial charge in [0, 0.05) is 12.8 Å². The van der Waals surface area contributed by atoms with Gasteiger partial charge < -0.3 is 19.7 Å². The number of allylic oxidation sites excluding steroid dienone is 2. The maximum absolute atomic E-state index is 10.1. The predicted molar refractivity (Wildman–Crippen MR) is 59.6 cm³/mol. The Labute approximate surface area is 99.1 Å². The van der Waals surface area contributed by atoms with Gasteiger partial charge in [0.25, 0.3) is 0 Å². The van der Waals surface area contributed by atoms with Crippen molar-refractivity contribution in [3.8, 4) is 0 Å². The van der Waals surface area contributed by atoms with E-state index < -0.39 is 12.3 Å². The van der Waals surface area contributed by atoms with Crippen LogP contribution in [0.15, 0.2) is 24.7 Å². The highest BCUT2D eigenvalue weighted by atomic mass is 16.7. The van der Waals surface area contributed by atoms with E-state index in [-0.39, 0.29) is 11.5 Å². The summed E-state index contributed by atoms with van der Waals surface area (Å²) in [5.74, 6) is 0.413. The molecule has 2 N–H and O–H groups in total. The van der Waals surface area contributed by atoms with Crippen LogP contribution in [-0.4, -0.2) is 22.5 Å². The maximum atomic E-state index is 10.1. The van der Waals surface area contributed by atoms with Crippen LogP contribution < -0.4 is 0 Å². The molecule has 0 heterocycles. The monoisotopic (exact) mass is 244 g/mol. The number of carboxylic acid groups (broad SMARTS) is 2. The normalized spacial score (nSPS) is 9.41. The molecule has 0 saturated carbocycles. The zero-order valence-corrected chi connectivity index (χ0v) is 9.48. The molecule has 17 heavy (non-hydrogen) atoms. The highest BCUT2D eigenvalue weighted by Crippen LogP contribution is 2.13. The van der Waals surface area contributed by atoms with Gasteiger partial charge in [0.15, 0.2) is 0 Å². The lowest BCUT2D eigenvalue weighted by Gasteiger charge is -2.05. The molecule has 0 fully saturated rings. The van der Waals surface area contributed by atoms with Gasteiger partial charge in [0.05, 0.1) is 0 Å². The minimum absolute atomic E-state index is 0.207. The first-order chi connectivity index (χ1) is 7.91. The van der Waals surface area contributed by atoms with Crippen LogP contribution in [0, 0.1) is 0 Å². The molecule has 0 aromatic rings. The zero-order chi connectivity index (χ0) is 13.3. The Hall–Kier alpha value is -1.98. The molecule has 0 aliphatic carbocycles. The average Bonchev–Trinajstić information content (AvgIpc) is 2.14. The summed E-state index contributed by atoms with van der Waals surface area (Å²) in [7, 11) is 0. The highest BCUT2D eigenvalue weighted by molar-refractivity contribution is 5.58. The first-order valence-electron chi connectivity index (χ1n) is 5.09. The molecule has 6 nitrogen and oxygen atoms in total. The van der Waals surface area contributed by atoms with Crippen molar-refractivity contribution < 1.29 is 29.3 Å². The van der Waals surface area contributed by atoms with Crippen molar-refractivity contribution in [2.45, 2.75) is 32.1 Å². The third-order valence-electron chi connectivity index (χ3n) is 1.87. The highest BCUT2D eigenvalue weighted by Gasteiger charge is 2.03. The van der Waals surface area contributed by atoms with Gasteiger partial charge in [-0.2, -0.15) is 0 Å². The number of carbonyl (C=O) groups is 2. The van der Waals surface area contributed by atoms with Gasteiger partial charge in [-0.3, -0.25) is 0 Å². The van der Waals surface area contributed by atoms with Crippen molar-refractivity contribution in [3.63, 3.8) is 0 Å². The summed E-state index contributed by atoms with van der Waals surface area (Å²) in [6.45, 7) is 6.89. The Morgan fingerprint density at radius 2 is 1.18 bits per heavy atom. The fourth-order valence-electron chi connectivity index (χ4n) is 1.17. The lowest BCUT2D eigenvalue weighted by molar-refractivity contribution is 0.115. The third kappa shape index (κ3) is 10.3. The molecule has 96 valence electrons. The Morgan fingerprint density at radius 1 is 0.824 bits per heavy atom. The van der Waals surface area contributed by atoms with E-state index in [4.69, 9.17) is 10.2 Å². The summed E-state index contributed by atoms with van der Waals surface area (Å²) < 4.78 is 8.67. The molecule has 6 heteroatoms. The Morgan fingerprint density at radius 3 is 1.47 bits per heavy atom. The molecule has 0 aliphatic rings. The van der Waals surface area contributed by atoms with E-state index in [2.05, 4.69) is 22.6 Å². The smallest absolute Gasteiger partial charge is 0.449 e. The van der Waals surface area contributed by atoms with E-state index >= 15 is 0 Å². The molecule has 0 spiro atoms. The Kier molecular flexibility index (Phi) is 7.25. The molecule has 0 radical (unpaired) electrons. The average molecular weight is 244 g/mol. The van der Waals surface area contributed by atoms with Gasteiger partial charge in [-0.25, -0.2) is 9.59 Å². The topological polar surface area (TPSA) is 93.1 Å². The summed E-state index contributed by atoms with van der Waals surface area (Å²) >= 11 is 0. The zero-order valence-electron chi connectivity index (χ0n) is 9.48. The van der Waals surface area contributed by atoms with Crippen LogP contribution >= 0.6 is 0 Å². The van der Waals surface area contributed by atoms with Gasteiger partial charge in [0.1, 0.15) is 11.5 Å². The van der Waals surface area contributed by atoms with Crippen LogP contribution in [0.2, 0.25) is 0 Å². The van der Waals surface area contributed by atoms with Crippen molar-refractivity contribution in [3.05, 3.63) is 24.7 Å². The van der Waals surface area contributed by atoms with E-state index in [9.17, 15) is 9.59 Å². The summed E-state index contributed by atoms with van der Waals surface area (Å²) in [4.78, 5) is 20.2. The van der Waals surface area contributed by atoms with Crippen molar-refractivity contribution in [2.24, 2.45) is 0 Å². The molecule has 0 amide bonds. The number of unbranched alkanes of at least 4 members (excludes halogenated alkanes) is 2. The largest absolute Gasteiger partial charge is 0.510 e. The van der Waals surface area contributed by atoms with Crippen LogP contribution in [0.5, 0.6) is 0 Å². The third-order valence-corrected chi connectivity index (χ3v) is 1.87. The van der Waals surface area contributed by atoms with E-state index in [1.165, 1.54) is 0 Å². The molecule has 0 rings (SSSR count). The maximum Gasteiger partial charge on any atom is 0.510 e. The van der Waals surface area contributed by atoms with E-state index in [1.54, 1.807) is 0 Å². The minimum atomic E-state index is -1.36. The van der Waals surface area contributed by atoms with Gasteiger partial charge in [-0.15, -0.1) is 0 Å². The fourth-order valence-corrected chi connectivity index (χ4v) is 1.17. The second kappa shape index (κ2) is 8.20. The molecule has 0 aliphatic heterocycles. The predicted octanol–water partition coefficient (Wildman–Crippen LogP) is 3.35. The lowest BCUT2D eigenvalue weighted by Crippen LogP contribution is -2.00. The summed E-state index contributed by atoms with van der Waals surface area (Å²) in [5, 5.41) is 16.6. The van der Waals surface area contributed by atoms with Crippen molar-refractivity contribution in [2.75, 3.05) is 0 Å². The molecule has 0 atom stereocenters. The number of ether oxygens (including phenoxy) is 2. The first kappa shape index (κ1) is 15.0.